The van der Waals surface area contributed by atoms with Crippen molar-refractivity contribution in [1.82, 2.24) is 4.98 Å². The lowest BCUT2D eigenvalue weighted by Gasteiger charge is -2.36. The van der Waals surface area contributed by atoms with Crippen molar-refractivity contribution in [2.75, 3.05) is 13.2 Å². The molecule has 1 unspecified atom stereocenters. The second-order valence-electron chi connectivity index (χ2n) is 5.51. The average Bonchev–Trinajstić information content (AvgIpc) is 2.72. The Morgan fingerprint density at radius 3 is 2.91 bits per heavy atom. The number of pyridine rings is 1. The number of nitrogens with zero attached hydrogens (tertiary/aromatic N) is 2. The smallest absolute Gasteiger partial charge is 0.151 e. The molecule has 1 atom stereocenters. The highest BCUT2D eigenvalue weighted by atomic mass is 79.9. The van der Waals surface area contributed by atoms with Crippen LogP contribution >= 0.6 is 27.5 Å². The van der Waals surface area contributed by atoms with Gasteiger partial charge in [0.2, 0.25) is 0 Å². The van der Waals surface area contributed by atoms with Gasteiger partial charge < -0.3 is 15.2 Å². The van der Waals surface area contributed by atoms with Crippen molar-refractivity contribution in [3.63, 3.8) is 0 Å². The highest BCUT2D eigenvalue weighted by molar-refractivity contribution is 9.10. The number of amidine groups is 1. The molecule has 1 aromatic carbocycles. The average molecular weight is 395 g/mol. The molecule has 118 valence electrons. The molecule has 4 rings (SSSR count). The monoisotopic (exact) mass is 393 g/mol. The van der Waals surface area contributed by atoms with E-state index < -0.39 is 5.54 Å². The summed E-state index contributed by atoms with van der Waals surface area (Å²) in [5, 5.41) is 0.393. The highest BCUT2D eigenvalue weighted by Crippen LogP contribution is 2.52. The maximum absolute atomic E-state index is 6.13. The molecular formula is C16H13BrClN3O2. The molecule has 0 radical (unpaired) electrons. The highest BCUT2D eigenvalue weighted by Gasteiger charge is 2.43. The lowest BCUT2D eigenvalue weighted by atomic mass is 9.79. The molecule has 0 saturated carbocycles. The summed E-state index contributed by atoms with van der Waals surface area (Å²) < 4.78 is 12.5. The van der Waals surface area contributed by atoms with Gasteiger partial charge in [-0.05, 0) is 24.3 Å². The summed E-state index contributed by atoms with van der Waals surface area (Å²) in [6.07, 6.45) is 2.27. The molecule has 23 heavy (non-hydrogen) atoms. The van der Waals surface area contributed by atoms with Crippen molar-refractivity contribution in [3.05, 3.63) is 51.2 Å². The lowest BCUT2D eigenvalue weighted by Crippen LogP contribution is -2.32. The van der Waals surface area contributed by atoms with E-state index in [1.165, 1.54) is 0 Å². The third-order valence-corrected chi connectivity index (χ3v) is 4.78. The van der Waals surface area contributed by atoms with Crippen LogP contribution in [0.2, 0.25) is 5.15 Å². The molecule has 0 amide bonds. The van der Waals surface area contributed by atoms with E-state index in [1.54, 1.807) is 12.3 Å². The molecule has 0 fully saturated rings. The summed E-state index contributed by atoms with van der Waals surface area (Å²) >= 11 is 9.65. The molecule has 1 spiro atoms. The molecule has 2 aliphatic rings. The third-order valence-electron chi connectivity index (χ3n) is 4.08. The summed E-state index contributed by atoms with van der Waals surface area (Å²) in [4.78, 5) is 8.94. The van der Waals surface area contributed by atoms with Crippen LogP contribution in [0.15, 0.2) is 39.9 Å². The Bertz CT molecular complexity index is 773. The van der Waals surface area contributed by atoms with Gasteiger partial charge in [0.05, 0.1) is 12.8 Å². The van der Waals surface area contributed by atoms with Crippen molar-refractivity contribution in [2.45, 2.75) is 12.0 Å². The Morgan fingerprint density at radius 1 is 1.22 bits per heavy atom. The standard InChI is InChI=1S/C16H13BrClN3O2/c17-9-1-2-12-10(5-9)16(3-4-22-8-15(19)21-16)11-6-14(18)20-7-13(11)23-12/h1-2,5-7H,3-4,8H2,(H2,19,21). The summed E-state index contributed by atoms with van der Waals surface area (Å²) in [6.45, 7) is 0.857. The maximum atomic E-state index is 6.13. The fourth-order valence-corrected chi connectivity index (χ4v) is 3.64. The Balaban J connectivity index is 2.05. The topological polar surface area (TPSA) is 69.7 Å². The Morgan fingerprint density at radius 2 is 2.04 bits per heavy atom. The minimum atomic E-state index is -0.681. The zero-order valence-electron chi connectivity index (χ0n) is 12.1. The van der Waals surface area contributed by atoms with Gasteiger partial charge in [0.15, 0.2) is 5.75 Å². The number of nitrogens with two attached hydrogens (primary N) is 1. The fourth-order valence-electron chi connectivity index (χ4n) is 3.12. The van der Waals surface area contributed by atoms with Gasteiger partial charge in [-0.3, -0.25) is 4.99 Å². The van der Waals surface area contributed by atoms with Gasteiger partial charge in [-0.15, -0.1) is 0 Å². The first-order valence-corrected chi connectivity index (χ1v) is 8.31. The number of fused-ring (bicyclic) bond motifs is 4. The van der Waals surface area contributed by atoms with Crippen LogP contribution in [0.1, 0.15) is 17.5 Å². The van der Waals surface area contributed by atoms with E-state index in [0.29, 0.717) is 36.4 Å². The zero-order valence-corrected chi connectivity index (χ0v) is 14.4. The van der Waals surface area contributed by atoms with E-state index in [2.05, 4.69) is 20.9 Å². The molecule has 0 saturated heterocycles. The first-order valence-electron chi connectivity index (χ1n) is 7.14. The number of rotatable bonds is 0. The number of ether oxygens (including phenoxy) is 2. The largest absolute Gasteiger partial charge is 0.455 e. The van der Waals surface area contributed by atoms with Gasteiger partial charge in [-0.2, -0.15) is 0 Å². The molecule has 0 bridgehead atoms. The van der Waals surface area contributed by atoms with Crippen LogP contribution in [-0.2, 0) is 10.3 Å². The summed E-state index contributed by atoms with van der Waals surface area (Å²) in [5.41, 5.74) is 7.17. The van der Waals surface area contributed by atoms with Gasteiger partial charge in [-0.25, -0.2) is 4.98 Å². The van der Waals surface area contributed by atoms with E-state index in [-0.39, 0.29) is 0 Å². The summed E-state index contributed by atoms with van der Waals surface area (Å²) in [7, 11) is 0. The quantitative estimate of drug-likeness (QED) is 0.693. The van der Waals surface area contributed by atoms with Crippen molar-refractivity contribution in [1.29, 1.82) is 0 Å². The normalized spacial score (nSPS) is 22.6. The first-order chi connectivity index (χ1) is 11.1. The number of hydrogen-bond acceptors (Lipinski definition) is 5. The zero-order chi connectivity index (χ0) is 16.0. The van der Waals surface area contributed by atoms with Crippen LogP contribution in [0.25, 0.3) is 0 Å². The second-order valence-corrected chi connectivity index (χ2v) is 6.81. The van der Waals surface area contributed by atoms with Crippen molar-refractivity contribution < 1.29 is 9.47 Å². The van der Waals surface area contributed by atoms with Crippen LogP contribution in [0, 0.1) is 0 Å². The summed E-state index contributed by atoms with van der Waals surface area (Å²) in [5.74, 6) is 1.83. The van der Waals surface area contributed by atoms with E-state index >= 15 is 0 Å². The van der Waals surface area contributed by atoms with Crippen molar-refractivity contribution >= 4 is 33.4 Å². The van der Waals surface area contributed by atoms with E-state index in [1.807, 2.05) is 18.2 Å². The SMILES string of the molecule is NC1=NC2(CCOC1)c1cc(Br)ccc1Oc1cnc(Cl)cc12. The molecule has 2 aromatic rings. The Labute approximate surface area is 146 Å². The van der Waals surface area contributed by atoms with Gasteiger partial charge in [-0.1, -0.05) is 27.5 Å². The molecule has 0 aliphatic carbocycles. The second kappa shape index (κ2) is 5.47. The Kier molecular flexibility index (Phi) is 3.55. The van der Waals surface area contributed by atoms with Crippen LogP contribution in [-0.4, -0.2) is 24.0 Å². The van der Waals surface area contributed by atoms with Gasteiger partial charge in [0.1, 0.15) is 28.9 Å². The third kappa shape index (κ3) is 2.41. The van der Waals surface area contributed by atoms with E-state index in [0.717, 1.165) is 21.3 Å². The predicted molar refractivity (Wildman–Crippen MR) is 91.3 cm³/mol. The van der Waals surface area contributed by atoms with E-state index in [9.17, 15) is 0 Å². The first kappa shape index (κ1) is 14.9. The predicted octanol–water partition coefficient (Wildman–Crippen LogP) is 3.62. The number of aromatic nitrogens is 1. The molecule has 7 heteroatoms. The van der Waals surface area contributed by atoms with Gasteiger partial charge >= 0.3 is 0 Å². The Hall–Kier alpha value is -1.63. The minimum absolute atomic E-state index is 0.320. The molecule has 2 N–H and O–H groups in total. The number of benzene rings is 1. The summed E-state index contributed by atoms with van der Waals surface area (Å²) in [6, 6.07) is 7.65. The molecule has 3 heterocycles. The van der Waals surface area contributed by atoms with Gasteiger partial charge in [0.25, 0.3) is 0 Å². The molecule has 2 aliphatic heterocycles. The number of halogens is 2. The van der Waals surface area contributed by atoms with Crippen LogP contribution in [0.5, 0.6) is 11.5 Å². The molecular weight excluding hydrogens is 382 g/mol. The van der Waals surface area contributed by atoms with Crippen molar-refractivity contribution in [2.24, 2.45) is 10.7 Å². The number of aliphatic imine (C=N–C) groups is 1. The van der Waals surface area contributed by atoms with Crippen LogP contribution in [0.3, 0.4) is 0 Å². The van der Waals surface area contributed by atoms with Crippen molar-refractivity contribution in [3.8, 4) is 11.5 Å². The molecule has 1 aromatic heterocycles. The fraction of sp³-hybridized carbons (Fsp3) is 0.250. The lowest BCUT2D eigenvalue weighted by molar-refractivity contribution is 0.160. The van der Waals surface area contributed by atoms with E-state index in [4.69, 9.17) is 31.8 Å². The molecule has 5 nitrogen and oxygen atoms in total. The van der Waals surface area contributed by atoms with Crippen LogP contribution in [0.4, 0.5) is 0 Å². The van der Waals surface area contributed by atoms with Crippen LogP contribution < -0.4 is 10.5 Å². The minimum Gasteiger partial charge on any atom is -0.455 e. The maximum Gasteiger partial charge on any atom is 0.151 e. The van der Waals surface area contributed by atoms with Gasteiger partial charge in [0, 0.05) is 22.0 Å². The number of hydrogen-bond donors (Lipinski definition) is 1.